The number of para-hydroxylation sites is 1. The summed E-state index contributed by atoms with van der Waals surface area (Å²) >= 11 is 2.08. The van der Waals surface area contributed by atoms with E-state index in [0.29, 0.717) is 17.0 Å². The first-order valence-electron chi connectivity index (χ1n) is 6.93. The van der Waals surface area contributed by atoms with E-state index >= 15 is 0 Å². The topological polar surface area (TPSA) is 65.2 Å². The fraction of sp³-hybridized carbons (Fsp3) is 0. The lowest BCUT2D eigenvalue weighted by molar-refractivity contribution is 0.1000. The highest BCUT2D eigenvalue weighted by molar-refractivity contribution is 14.1. The largest absolute Gasteiger partial charge is 0.457 e. The van der Waals surface area contributed by atoms with Crippen molar-refractivity contribution in [3.8, 4) is 22.8 Å². The van der Waals surface area contributed by atoms with Crippen LogP contribution in [0.5, 0.6) is 11.5 Å². The van der Waals surface area contributed by atoms with Crippen molar-refractivity contribution in [3.63, 3.8) is 0 Å². The highest BCUT2D eigenvalue weighted by Crippen LogP contribution is 2.28. The summed E-state index contributed by atoms with van der Waals surface area (Å²) in [6.45, 7) is 0. The number of nitrogens with two attached hydrogens (primary N) is 1. The zero-order valence-electron chi connectivity index (χ0n) is 12.1. The van der Waals surface area contributed by atoms with E-state index in [9.17, 15) is 4.79 Å². The molecule has 0 atom stereocenters. The Bertz CT molecular complexity index is 833. The Kier molecular flexibility index (Phi) is 4.57. The summed E-state index contributed by atoms with van der Waals surface area (Å²) in [4.78, 5) is 16.0. The number of primary amides is 1. The molecule has 114 valence electrons. The molecule has 2 N–H and O–H groups in total. The van der Waals surface area contributed by atoms with Crippen molar-refractivity contribution in [2.45, 2.75) is 0 Å². The van der Waals surface area contributed by atoms with Crippen molar-refractivity contribution in [2.75, 3.05) is 0 Å². The maximum atomic E-state index is 11.7. The Morgan fingerprint density at radius 1 is 0.957 bits per heavy atom. The van der Waals surface area contributed by atoms with Crippen molar-refractivity contribution < 1.29 is 9.53 Å². The normalized spacial score (nSPS) is 10.3. The number of amides is 1. The van der Waals surface area contributed by atoms with Gasteiger partial charge >= 0.3 is 0 Å². The van der Waals surface area contributed by atoms with Gasteiger partial charge in [-0.05, 0) is 65.1 Å². The number of benzene rings is 2. The van der Waals surface area contributed by atoms with Gasteiger partial charge in [0.05, 0.1) is 11.3 Å². The Hall–Kier alpha value is -2.41. The molecule has 0 saturated carbocycles. The van der Waals surface area contributed by atoms with Crippen LogP contribution in [0.4, 0.5) is 0 Å². The predicted octanol–water partition coefficient (Wildman–Crippen LogP) is 4.24. The third-order valence-electron chi connectivity index (χ3n) is 3.25. The molecule has 0 aliphatic carbocycles. The van der Waals surface area contributed by atoms with Crippen molar-refractivity contribution in [2.24, 2.45) is 5.73 Å². The van der Waals surface area contributed by atoms with Crippen LogP contribution in [0.2, 0.25) is 0 Å². The summed E-state index contributed by atoms with van der Waals surface area (Å²) in [7, 11) is 0. The summed E-state index contributed by atoms with van der Waals surface area (Å²) in [6, 6.07) is 18.7. The Morgan fingerprint density at radius 2 is 1.61 bits per heavy atom. The van der Waals surface area contributed by atoms with Crippen molar-refractivity contribution in [3.05, 3.63) is 76.0 Å². The third kappa shape index (κ3) is 3.50. The van der Waals surface area contributed by atoms with E-state index < -0.39 is 5.91 Å². The highest BCUT2D eigenvalue weighted by Gasteiger charge is 2.15. The first-order chi connectivity index (χ1) is 11.1. The lowest BCUT2D eigenvalue weighted by Gasteiger charge is -2.09. The van der Waals surface area contributed by atoms with Gasteiger partial charge in [0.15, 0.2) is 0 Å². The predicted molar refractivity (Wildman–Crippen MR) is 97.4 cm³/mol. The number of carbonyl (C=O) groups is 1. The van der Waals surface area contributed by atoms with E-state index in [1.54, 1.807) is 12.3 Å². The quantitative estimate of drug-likeness (QED) is 0.647. The number of ether oxygens (including phenoxy) is 1. The second-order valence-corrected chi connectivity index (χ2v) is 5.98. The zero-order chi connectivity index (χ0) is 16.2. The van der Waals surface area contributed by atoms with Gasteiger partial charge in [0.1, 0.15) is 11.5 Å². The smallest absolute Gasteiger partial charge is 0.251 e. The summed E-state index contributed by atoms with van der Waals surface area (Å²) in [5.41, 5.74) is 7.31. The van der Waals surface area contributed by atoms with Gasteiger partial charge in [-0.3, -0.25) is 9.78 Å². The van der Waals surface area contributed by atoms with Crippen molar-refractivity contribution in [1.82, 2.24) is 4.98 Å². The average Bonchev–Trinajstić information content (AvgIpc) is 2.56. The number of rotatable bonds is 4. The van der Waals surface area contributed by atoms with E-state index in [1.807, 2.05) is 54.6 Å². The molecule has 0 radical (unpaired) electrons. The molecule has 23 heavy (non-hydrogen) atoms. The molecule has 1 heterocycles. The standard InChI is InChI=1S/C18H13IN2O2/c19-15-10-11-21-17(16(15)18(20)22)12-6-8-14(9-7-12)23-13-4-2-1-3-5-13/h1-11H,(H2,20,22). The van der Waals surface area contributed by atoms with Gasteiger partial charge in [0.2, 0.25) is 0 Å². The lowest BCUT2D eigenvalue weighted by atomic mass is 10.1. The summed E-state index contributed by atoms with van der Waals surface area (Å²) in [5.74, 6) is 0.999. The van der Waals surface area contributed by atoms with Crippen LogP contribution in [0.15, 0.2) is 66.9 Å². The summed E-state index contributed by atoms with van der Waals surface area (Å²) in [6.07, 6.45) is 1.66. The van der Waals surface area contributed by atoms with Crippen LogP contribution in [0.1, 0.15) is 10.4 Å². The van der Waals surface area contributed by atoms with Gasteiger partial charge in [0, 0.05) is 15.3 Å². The van der Waals surface area contributed by atoms with Gasteiger partial charge < -0.3 is 10.5 Å². The molecule has 1 aromatic heterocycles. The summed E-state index contributed by atoms with van der Waals surface area (Å²) < 4.78 is 6.54. The average molecular weight is 416 g/mol. The number of pyridine rings is 1. The van der Waals surface area contributed by atoms with Crippen LogP contribution < -0.4 is 10.5 Å². The van der Waals surface area contributed by atoms with Gasteiger partial charge in [-0.15, -0.1) is 0 Å². The molecular weight excluding hydrogens is 403 g/mol. The Balaban J connectivity index is 1.91. The maximum absolute atomic E-state index is 11.7. The molecule has 1 amide bonds. The number of carbonyl (C=O) groups excluding carboxylic acids is 1. The summed E-state index contributed by atoms with van der Waals surface area (Å²) in [5, 5.41) is 0. The Labute approximate surface area is 147 Å². The third-order valence-corrected chi connectivity index (χ3v) is 4.15. The number of halogens is 1. The van der Waals surface area contributed by atoms with E-state index in [1.165, 1.54) is 0 Å². The minimum Gasteiger partial charge on any atom is -0.457 e. The number of hydrogen-bond donors (Lipinski definition) is 1. The highest BCUT2D eigenvalue weighted by atomic mass is 127. The minimum absolute atomic E-state index is 0.435. The van der Waals surface area contributed by atoms with Gasteiger partial charge in [-0.2, -0.15) is 0 Å². The number of aromatic nitrogens is 1. The molecule has 2 aromatic carbocycles. The molecule has 0 saturated heterocycles. The molecule has 0 bridgehead atoms. The van der Waals surface area contributed by atoms with Gasteiger partial charge in [-0.25, -0.2) is 0 Å². The van der Waals surface area contributed by atoms with Crippen LogP contribution in [-0.2, 0) is 0 Å². The maximum Gasteiger partial charge on any atom is 0.251 e. The first kappa shape index (κ1) is 15.5. The second-order valence-electron chi connectivity index (χ2n) is 4.82. The van der Waals surface area contributed by atoms with Gasteiger partial charge in [-0.1, -0.05) is 18.2 Å². The molecule has 0 aliphatic rings. The van der Waals surface area contributed by atoms with E-state index in [0.717, 1.165) is 14.9 Å². The number of hydrogen-bond acceptors (Lipinski definition) is 3. The molecule has 0 fully saturated rings. The monoisotopic (exact) mass is 416 g/mol. The van der Waals surface area contributed by atoms with E-state index in [2.05, 4.69) is 27.6 Å². The van der Waals surface area contributed by atoms with Crippen LogP contribution in [0.3, 0.4) is 0 Å². The fourth-order valence-corrected chi connectivity index (χ4v) is 2.88. The molecule has 0 unspecified atom stereocenters. The van der Waals surface area contributed by atoms with Crippen LogP contribution >= 0.6 is 22.6 Å². The fourth-order valence-electron chi connectivity index (χ4n) is 2.20. The molecule has 0 spiro atoms. The van der Waals surface area contributed by atoms with Crippen LogP contribution in [0.25, 0.3) is 11.3 Å². The molecule has 0 aliphatic heterocycles. The van der Waals surface area contributed by atoms with Crippen LogP contribution in [-0.4, -0.2) is 10.9 Å². The molecule has 3 rings (SSSR count). The number of nitrogens with zero attached hydrogens (tertiary/aromatic N) is 1. The van der Waals surface area contributed by atoms with Gasteiger partial charge in [0.25, 0.3) is 5.91 Å². The zero-order valence-corrected chi connectivity index (χ0v) is 14.2. The van der Waals surface area contributed by atoms with Crippen molar-refractivity contribution in [1.29, 1.82) is 0 Å². The SMILES string of the molecule is NC(=O)c1c(I)ccnc1-c1ccc(Oc2ccccc2)cc1. The molecule has 3 aromatic rings. The second kappa shape index (κ2) is 6.78. The minimum atomic E-state index is -0.484. The molecule has 5 heteroatoms. The van der Waals surface area contributed by atoms with E-state index in [4.69, 9.17) is 10.5 Å². The van der Waals surface area contributed by atoms with E-state index in [-0.39, 0.29) is 0 Å². The van der Waals surface area contributed by atoms with Crippen molar-refractivity contribution >= 4 is 28.5 Å². The lowest BCUT2D eigenvalue weighted by Crippen LogP contribution is -2.15. The first-order valence-corrected chi connectivity index (χ1v) is 8.00. The molecule has 4 nitrogen and oxygen atoms in total. The Morgan fingerprint density at radius 3 is 2.26 bits per heavy atom. The molecular formula is C18H13IN2O2. The van der Waals surface area contributed by atoms with Crippen LogP contribution in [0, 0.1) is 3.57 Å².